The fourth-order valence-corrected chi connectivity index (χ4v) is 5.59. The molecular formula is C20H15Cl2F6N3O2S. The Bertz CT molecular complexity index is 1160. The Morgan fingerprint density at radius 3 is 2.50 bits per heavy atom. The Hall–Kier alpha value is -2.18. The lowest BCUT2D eigenvalue weighted by atomic mass is 9.89. The number of rotatable bonds is 4. The molecule has 14 heteroatoms. The van der Waals surface area contributed by atoms with Crippen LogP contribution in [0.2, 0.25) is 10.0 Å². The number of hydrogen-bond donors (Lipinski definition) is 1. The van der Waals surface area contributed by atoms with Crippen LogP contribution in [-0.2, 0) is 23.5 Å². The zero-order valence-electron chi connectivity index (χ0n) is 17.2. The van der Waals surface area contributed by atoms with E-state index in [0.29, 0.717) is 16.0 Å². The van der Waals surface area contributed by atoms with E-state index in [1.54, 1.807) is 11.8 Å². The van der Waals surface area contributed by atoms with Gasteiger partial charge < -0.3 is 15.1 Å². The maximum atomic E-state index is 14.2. The van der Waals surface area contributed by atoms with Gasteiger partial charge in [-0.05, 0) is 30.2 Å². The third kappa shape index (κ3) is 4.20. The second kappa shape index (κ2) is 8.80. The summed E-state index contributed by atoms with van der Waals surface area (Å²) in [6.45, 7) is 1.18. The Balaban J connectivity index is 1.55. The number of halogens is 8. The largest absolute Gasteiger partial charge is 0.435 e. The molecule has 2 aromatic rings. The molecule has 34 heavy (non-hydrogen) atoms. The number of amidine groups is 1. The average Bonchev–Trinajstić information content (AvgIpc) is 3.44. The summed E-state index contributed by atoms with van der Waals surface area (Å²) in [5.74, 6) is -1.68. The molecule has 184 valence electrons. The van der Waals surface area contributed by atoms with Crippen LogP contribution in [0.25, 0.3) is 0 Å². The summed E-state index contributed by atoms with van der Waals surface area (Å²) in [5.41, 5.74) is -2.12. The highest BCUT2D eigenvalue weighted by molar-refractivity contribution is 7.14. The zero-order chi connectivity index (χ0) is 25.0. The van der Waals surface area contributed by atoms with Gasteiger partial charge in [0.15, 0.2) is 5.82 Å². The smallest absolute Gasteiger partial charge is 0.372 e. The number of amides is 1. The molecule has 1 N–H and O–H groups in total. The number of fused-ring (bicyclic) bond motifs is 1. The molecule has 0 radical (unpaired) electrons. The summed E-state index contributed by atoms with van der Waals surface area (Å²) in [5, 5.41) is 4.66. The molecule has 1 amide bonds. The van der Waals surface area contributed by atoms with Gasteiger partial charge >= 0.3 is 6.18 Å². The first-order valence-electron chi connectivity index (χ1n) is 9.73. The maximum Gasteiger partial charge on any atom is 0.435 e. The van der Waals surface area contributed by atoms with Crippen LogP contribution in [0, 0.1) is 12.7 Å². The first-order chi connectivity index (χ1) is 15.8. The molecule has 0 spiro atoms. The molecule has 3 heterocycles. The van der Waals surface area contributed by atoms with Crippen LogP contribution in [0.15, 0.2) is 17.3 Å². The van der Waals surface area contributed by atoms with Crippen molar-refractivity contribution in [1.29, 1.82) is 0 Å². The van der Waals surface area contributed by atoms with E-state index in [1.807, 2.05) is 0 Å². The van der Waals surface area contributed by atoms with Crippen molar-refractivity contribution in [3.63, 3.8) is 0 Å². The Morgan fingerprint density at radius 2 is 1.94 bits per heavy atom. The van der Waals surface area contributed by atoms with Crippen molar-refractivity contribution in [3.05, 3.63) is 54.4 Å². The summed E-state index contributed by atoms with van der Waals surface area (Å²) in [6.07, 6.45) is -8.32. The van der Waals surface area contributed by atoms with Gasteiger partial charge in [-0.3, -0.25) is 4.79 Å². The van der Waals surface area contributed by atoms with E-state index in [4.69, 9.17) is 28.0 Å². The number of oxime groups is 1. The molecule has 0 saturated carbocycles. The summed E-state index contributed by atoms with van der Waals surface area (Å²) in [4.78, 5) is 19.7. The standard InChI is InChI=1S/C20H15Cl2F6N3O2S/c1-8-10-6-31(7-13(10)34-17(8)18(32)29-5-14(23)24)15-4-19(33-30-15,20(26,27)28)9-2-11(21)16(25)12(22)3-9/h2-3,14H,4-7H2,1H3,(H,29,32). The van der Waals surface area contributed by atoms with Crippen molar-refractivity contribution in [2.24, 2.45) is 5.16 Å². The van der Waals surface area contributed by atoms with Crippen LogP contribution in [-0.4, -0.2) is 35.8 Å². The highest BCUT2D eigenvalue weighted by atomic mass is 35.5. The summed E-state index contributed by atoms with van der Waals surface area (Å²) in [6, 6.07) is 1.62. The van der Waals surface area contributed by atoms with Crippen molar-refractivity contribution in [1.82, 2.24) is 10.2 Å². The first kappa shape index (κ1) is 24.9. The molecule has 1 atom stereocenters. The van der Waals surface area contributed by atoms with Crippen molar-refractivity contribution >= 4 is 46.3 Å². The Morgan fingerprint density at radius 1 is 1.29 bits per heavy atom. The highest BCUT2D eigenvalue weighted by Gasteiger charge is 2.63. The molecule has 0 aliphatic carbocycles. The molecule has 4 rings (SSSR count). The monoisotopic (exact) mass is 545 g/mol. The number of benzene rings is 1. The minimum absolute atomic E-state index is 0.000367. The van der Waals surface area contributed by atoms with Crippen molar-refractivity contribution < 1.29 is 36.0 Å². The van der Waals surface area contributed by atoms with Gasteiger partial charge in [0.25, 0.3) is 17.9 Å². The molecule has 1 unspecified atom stereocenters. The molecule has 0 bridgehead atoms. The predicted octanol–water partition coefficient (Wildman–Crippen LogP) is 6.00. The second-order valence-corrected chi connectivity index (χ2v) is 9.69. The van der Waals surface area contributed by atoms with Crippen LogP contribution in [0.3, 0.4) is 0 Å². The lowest BCUT2D eigenvalue weighted by molar-refractivity contribution is -0.275. The molecule has 1 aromatic heterocycles. The Kier molecular flexibility index (Phi) is 6.45. The lowest BCUT2D eigenvalue weighted by Gasteiger charge is -2.30. The minimum Gasteiger partial charge on any atom is -0.372 e. The van der Waals surface area contributed by atoms with Crippen LogP contribution in [0.5, 0.6) is 0 Å². The first-order valence-corrected chi connectivity index (χ1v) is 11.3. The number of nitrogens with zero attached hydrogens (tertiary/aromatic N) is 2. The van der Waals surface area contributed by atoms with Gasteiger partial charge in [0, 0.05) is 17.0 Å². The maximum absolute atomic E-state index is 14.2. The molecule has 0 fully saturated rings. The van der Waals surface area contributed by atoms with Crippen molar-refractivity contribution in [2.45, 2.75) is 44.6 Å². The molecule has 1 aromatic carbocycles. The number of carbonyl (C=O) groups is 1. The summed E-state index contributed by atoms with van der Waals surface area (Å²) in [7, 11) is 0. The number of thiophene rings is 1. The van der Waals surface area contributed by atoms with Crippen molar-refractivity contribution in [2.75, 3.05) is 6.54 Å². The quantitative estimate of drug-likeness (QED) is 0.378. The average molecular weight is 546 g/mol. The molecule has 2 aliphatic rings. The number of alkyl halides is 5. The van der Waals surface area contributed by atoms with E-state index in [2.05, 4.69) is 10.5 Å². The normalized spacial score (nSPS) is 19.9. The third-order valence-electron chi connectivity index (χ3n) is 5.65. The van der Waals surface area contributed by atoms with Gasteiger partial charge in [0.1, 0.15) is 5.84 Å². The fraction of sp³-hybridized carbons (Fsp3) is 0.400. The van der Waals surface area contributed by atoms with Crippen LogP contribution in [0.4, 0.5) is 26.3 Å². The molecular weight excluding hydrogens is 531 g/mol. The second-order valence-electron chi connectivity index (χ2n) is 7.77. The van der Waals surface area contributed by atoms with Gasteiger partial charge in [-0.2, -0.15) is 13.2 Å². The highest BCUT2D eigenvalue weighted by Crippen LogP contribution is 2.50. The molecule has 2 aliphatic heterocycles. The Labute approximate surface area is 203 Å². The van der Waals surface area contributed by atoms with Gasteiger partial charge in [-0.15, -0.1) is 11.3 Å². The van der Waals surface area contributed by atoms with Crippen LogP contribution in [0.1, 0.15) is 37.7 Å². The SMILES string of the molecule is Cc1c(C(=O)NCC(F)F)sc2c1CN(C1=NOC(c3cc(Cl)c(F)c(Cl)c3)(C(F)(F)F)C1)C2. The molecule has 5 nitrogen and oxygen atoms in total. The molecule has 0 saturated heterocycles. The van der Waals surface area contributed by atoms with Gasteiger partial charge in [-0.1, -0.05) is 28.4 Å². The van der Waals surface area contributed by atoms with Gasteiger partial charge in [-0.25, -0.2) is 13.2 Å². The summed E-state index contributed by atoms with van der Waals surface area (Å²) < 4.78 is 81.0. The number of hydrogen-bond acceptors (Lipinski definition) is 5. The van der Waals surface area contributed by atoms with Gasteiger partial charge in [0.05, 0.1) is 34.4 Å². The summed E-state index contributed by atoms with van der Waals surface area (Å²) >= 11 is 12.5. The van der Waals surface area contributed by atoms with E-state index in [0.717, 1.165) is 23.5 Å². The fourth-order valence-electron chi connectivity index (χ4n) is 3.86. The van der Waals surface area contributed by atoms with Crippen LogP contribution >= 0.6 is 34.5 Å². The van der Waals surface area contributed by atoms with E-state index in [1.165, 1.54) is 0 Å². The minimum atomic E-state index is -4.93. The van der Waals surface area contributed by atoms with Crippen LogP contribution < -0.4 is 5.32 Å². The number of nitrogens with one attached hydrogen (secondary N) is 1. The van der Waals surface area contributed by atoms with Gasteiger partial charge in [0.2, 0.25) is 0 Å². The topological polar surface area (TPSA) is 53.9 Å². The van der Waals surface area contributed by atoms with E-state index < -0.39 is 58.5 Å². The predicted molar refractivity (Wildman–Crippen MR) is 114 cm³/mol. The van der Waals surface area contributed by atoms with E-state index >= 15 is 0 Å². The van der Waals surface area contributed by atoms with E-state index in [9.17, 15) is 31.1 Å². The number of carbonyl (C=O) groups excluding carboxylic acids is 1. The van der Waals surface area contributed by atoms with E-state index in [-0.39, 0.29) is 23.8 Å². The lowest BCUT2D eigenvalue weighted by Crippen LogP contribution is -2.44. The van der Waals surface area contributed by atoms with Crippen molar-refractivity contribution in [3.8, 4) is 0 Å². The third-order valence-corrected chi connectivity index (χ3v) is 7.52. The zero-order valence-corrected chi connectivity index (χ0v) is 19.5.